The molecule has 80 valence electrons. The average Bonchev–Trinajstić information content (AvgIpc) is 2.30. The minimum Gasteiger partial charge on any atom is -0.322 e. The van der Waals surface area contributed by atoms with Crippen LogP contribution in [0.5, 0.6) is 0 Å². The van der Waals surface area contributed by atoms with Crippen molar-refractivity contribution in [3.05, 3.63) is 28.5 Å². The molecule has 1 aliphatic heterocycles. The Labute approximate surface area is 105 Å². The molecule has 1 aromatic carbocycles. The molecule has 0 fully saturated rings. The van der Waals surface area contributed by atoms with Gasteiger partial charge in [0.1, 0.15) is 5.82 Å². The highest BCUT2D eigenvalue weighted by molar-refractivity contribution is 14.1. The predicted octanol–water partition coefficient (Wildman–Crippen LogP) is 3.17. The first kappa shape index (κ1) is 11.1. The third-order valence-electron chi connectivity index (χ3n) is 2.34. The molecule has 0 saturated carbocycles. The molecule has 15 heavy (non-hydrogen) atoms. The lowest BCUT2D eigenvalue weighted by Crippen LogP contribution is -2.21. The van der Waals surface area contributed by atoms with Crippen molar-refractivity contribution < 1.29 is 9.18 Å². The third kappa shape index (κ3) is 2.25. The minimum absolute atomic E-state index is 0.117. The van der Waals surface area contributed by atoms with Crippen molar-refractivity contribution in [3.63, 3.8) is 0 Å². The summed E-state index contributed by atoms with van der Waals surface area (Å²) in [5.74, 6) is -0.605. The Hall–Kier alpha value is -0.360. The van der Waals surface area contributed by atoms with E-state index in [4.69, 9.17) is 11.6 Å². The van der Waals surface area contributed by atoms with Gasteiger partial charge in [-0.15, -0.1) is 0 Å². The van der Waals surface area contributed by atoms with Gasteiger partial charge in [0.05, 0.1) is 9.61 Å². The summed E-state index contributed by atoms with van der Waals surface area (Å²) >= 11 is 7.81. The lowest BCUT2D eigenvalue weighted by Gasteiger charge is -2.08. The molecule has 1 amide bonds. The number of carbonyl (C=O) groups is 1. The number of anilines is 1. The molecular formula is C10H8ClFINO. The largest absolute Gasteiger partial charge is 0.322 e. The number of amides is 1. The summed E-state index contributed by atoms with van der Waals surface area (Å²) in [6.07, 6.45) is 1.37. The fraction of sp³-hybridized carbons (Fsp3) is 0.300. The Morgan fingerprint density at radius 3 is 3.00 bits per heavy atom. The van der Waals surface area contributed by atoms with Crippen LogP contribution in [0.2, 0.25) is 5.02 Å². The second-order valence-electron chi connectivity index (χ2n) is 3.42. The standard InChI is InChI=1S/C10H8ClFINO/c11-6-3-5-1-2-8(13)10(15)14-9(5)7(12)4-6/h3-4,8H,1-2H2,(H,14,15). The minimum atomic E-state index is -0.462. The fourth-order valence-corrected chi connectivity index (χ4v) is 2.27. The Bertz CT molecular complexity index is 424. The summed E-state index contributed by atoms with van der Waals surface area (Å²) in [5.41, 5.74) is 1.05. The Morgan fingerprint density at radius 2 is 2.27 bits per heavy atom. The molecule has 2 nitrogen and oxygen atoms in total. The van der Waals surface area contributed by atoms with Gasteiger partial charge in [-0.1, -0.05) is 34.2 Å². The van der Waals surface area contributed by atoms with Crippen LogP contribution in [0.3, 0.4) is 0 Å². The number of benzene rings is 1. The van der Waals surface area contributed by atoms with E-state index in [2.05, 4.69) is 27.9 Å². The first-order valence-corrected chi connectivity index (χ1v) is 6.13. The van der Waals surface area contributed by atoms with Gasteiger partial charge in [-0.05, 0) is 30.5 Å². The third-order valence-corrected chi connectivity index (χ3v) is 3.74. The molecule has 1 unspecified atom stereocenters. The summed E-state index contributed by atoms with van der Waals surface area (Å²) in [7, 11) is 0. The Kier molecular flexibility index (Phi) is 3.16. The number of nitrogens with one attached hydrogen (secondary N) is 1. The molecule has 1 aliphatic rings. The summed E-state index contributed by atoms with van der Waals surface area (Å²) in [6.45, 7) is 0. The van der Waals surface area contributed by atoms with E-state index in [-0.39, 0.29) is 15.5 Å². The van der Waals surface area contributed by atoms with Gasteiger partial charge >= 0.3 is 0 Å². The van der Waals surface area contributed by atoms with Crippen LogP contribution >= 0.6 is 34.2 Å². The SMILES string of the molecule is O=C1Nc2c(F)cc(Cl)cc2CCC1I. The normalized spacial score (nSPS) is 20.5. The maximum Gasteiger partial charge on any atom is 0.237 e. The zero-order valence-corrected chi connectivity index (χ0v) is 10.6. The van der Waals surface area contributed by atoms with Gasteiger partial charge in [0.15, 0.2) is 0 Å². The molecule has 1 N–H and O–H groups in total. The van der Waals surface area contributed by atoms with Gasteiger partial charge in [0.25, 0.3) is 0 Å². The fourth-order valence-electron chi connectivity index (χ4n) is 1.58. The second kappa shape index (κ2) is 4.25. The van der Waals surface area contributed by atoms with Crippen molar-refractivity contribution in [2.45, 2.75) is 16.8 Å². The molecule has 0 spiro atoms. The van der Waals surface area contributed by atoms with Crippen LogP contribution in [0.4, 0.5) is 10.1 Å². The van der Waals surface area contributed by atoms with Gasteiger partial charge < -0.3 is 5.32 Å². The summed E-state index contributed by atoms with van der Waals surface area (Å²) in [4.78, 5) is 11.5. The van der Waals surface area contributed by atoms with Crippen LogP contribution in [-0.2, 0) is 11.2 Å². The summed E-state index contributed by atoms with van der Waals surface area (Å²) in [6, 6.07) is 2.92. The number of halogens is 3. The van der Waals surface area contributed by atoms with E-state index in [1.54, 1.807) is 6.07 Å². The molecule has 2 rings (SSSR count). The number of aryl methyl sites for hydroxylation is 1. The van der Waals surface area contributed by atoms with Crippen LogP contribution in [0.15, 0.2) is 12.1 Å². The lowest BCUT2D eigenvalue weighted by atomic mass is 10.1. The van der Waals surface area contributed by atoms with E-state index in [1.165, 1.54) is 6.07 Å². The number of hydrogen-bond donors (Lipinski definition) is 1. The molecule has 1 heterocycles. The van der Waals surface area contributed by atoms with Crippen LogP contribution < -0.4 is 5.32 Å². The van der Waals surface area contributed by atoms with E-state index < -0.39 is 5.82 Å². The average molecular weight is 340 g/mol. The Balaban J connectivity index is 2.47. The molecule has 0 bridgehead atoms. The van der Waals surface area contributed by atoms with Gasteiger partial charge in [-0.2, -0.15) is 0 Å². The van der Waals surface area contributed by atoms with Gasteiger partial charge in [-0.3, -0.25) is 4.79 Å². The Morgan fingerprint density at radius 1 is 1.53 bits per heavy atom. The molecule has 0 radical (unpaired) electrons. The van der Waals surface area contributed by atoms with Crippen molar-refractivity contribution in [2.24, 2.45) is 0 Å². The number of fused-ring (bicyclic) bond motifs is 1. The topological polar surface area (TPSA) is 29.1 Å². The van der Waals surface area contributed by atoms with E-state index in [9.17, 15) is 9.18 Å². The van der Waals surface area contributed by atoms with Crippen molar-refractivity contribution in [1.29, 1.82) is 0 Å². The molecule has 0 aliphatic carbocycles. The number of carbonyl (C=O) groups excluding carboxylic acids is 1. The number of alkyl halides is 1. The van der Waals surface area contributed by atoms with E-state index in [1.807, 2.05) is 0 Å². The van der Waals surface area contributed by atoms with Crippen molar-refractivity contribution in [3.8, 4) is 0 Å². The van der Waals surface area contributed by atoms with Crippen LogP contribution in [0, 0.1) is 5.82 Å². The monoisotopic (exact) mass is 339 g/mol. The highest BCUT2D eigenvalue weighted by Gasteiger charge is 2.23. The first-order chi connectivity index (χ1) is 7.08. The van der Waals surface area contributed by atoms with Crippen LogP contribution in [0.25, 0.3) is 0 Å². The van der Waals surface area contributed by atoms with E-state index in [0.29, 0.717) is 17.9 Å². The molecular weight excluding hydrogens is 331 g/mol. The van der Waals surface area contributed by atoms with E-state index in [0.717, 1.165) is 5.56 Å². The molecule has 1 atom stereocenters. The van der Waals surface area contributed by atoms with Gasteiger partial charge in [-0.25, -0.2) is 4.39 Å². The van der Waals surface area contributed by atoms with Crippen LogP contribution in [0.1, 0.15) is 12.0 Å². The molecule has 0 saturated heterocycles. The molecule has 0 aromatic heterocycles. The summed E-state index contributed by atoms with van der Waals surface area (Å²) in [5, 5.41) is 2.96. The highest BCUT2D eigenvalue weighted by atomic mass is 127. The molecule has 5 heteroatoms. The predicted molar refractivity (Wildman–Crippen MR) is 66.2 cm³/mol. The maximum atomic E-state index is 13.5. The quantitative estimate of drug-likeness (QED) is 0.571. The second-order valence-corrected chi connectivity index (χ2v) is 5.36. The highest BCUT2D eigenvalue weighted by Crippen LogP contribution is 2.30. The number of rotatable bonds is 0. The van der Waals surface area contributed by atoms with Crippen molar-refractivity contribution >= 4 is 45.8 Å². The zero-order chi connectivity index (χ0) is 11.0. The van der Waals surface area contributed by atoms with Crippen molar-refractivity contribution in [1.82, 2.24) is 0 Å². The zero-order valence-electron chi connectivity index (χ0n) is 7.69. The maximum absolute atomic E-state index is 13.5. The van der Waals surface area contributed by atoms with Crippen molar-refractivity contribution in [2.75, 3.05) is 5.32 Å². The van der Waals surface area contributed by atoms with Gasteiger partial charge in [0.2, 0.25) is 5.91 Å². The smallest absolute Gasteiger partial charge is 0.237 e. The number of hydrogen-bond acceptors (Lipinski definition) is 1. The van der Waals surface area contributed by atoms with Crippen LogP contribution in [-0.4, -0.2) is 9.83 Å². The summed E-state index contributed by atoms with van der Waals surface area (Å²) < 4.78 is 13.4. The first-order valence-electron chi connectivity index (χ1n) is 4.51. The molecule has 1 aromatic rings. The van der Waals surface area contributed by atoms with Gasteiger partial charge in [0, 0.05) is 5.02 Å². The van der Waals surface area contributed by atoms with E-state index >= 15 is 0 Å². The lowest BCUT2D eigenvalue weighted by molar-refractivity contribution is -0.115.